The van der Waals surface area contributed by atoms with E-state index in [9.17, 15) is 5.11 Å². The summed E-state index contributed by atoms with van der Waals surface area (Å²) in [6, 6.07) is 24.0. The Labute approximate surface area is 183 Å². The molecule has 1 unspecified atom stereocenters. The van der Waals surface area contributed by atoms with Gasteiger partial charge in [0.25, 0.3) is 0 Å². The number of fused-ring (bicyclic) bond motifs is 1. The molecule has 0 saturated carbocycles. The Kier molecular flexibility index (Phi) is 7.20. The number of ether oxygens (including phenoxy) is 2. The third-order valence-electron chi connectivity index (χ3n) is 5.46. The van der Waals surface area contributed by atoms with Crippen molar-refractivity contribution in [1.29, 1.82) is 0 Å². The minimum atomic E-state index is -0.551. The van der Waals surface area contributed by atoms with Gasteiger partial charge in [-0.15, -0.1) is 0 Å². The number of nitrogens with zero attached hydrogens (tertiary/aromatic N) is 1. The lowest BCUT2D eigenvalue weighted by molar-refractivity contribution is 0.178. The lowest BCUT2D eigenvalue weighted by atomic mass is 9.99. The maximum Gasteiger partial charge on any atom is 0.123 e. The third-order valence-corrected chi connectivity index (χ3v) is 5.46. The zero-order valence-electron chi connectivity index (χ0n) is 17.6. The summed E-state index contributed by atoms with van der Waals surface area (Å²) in [5.41, 5.74) is 4.27. The molecule has 0 spiro atoms. The summed E-state index contributed by atoms with van der Waals surface area (Å²) in [7, 11) is 0. The highest BCUT2D eigenvalue weighted by molar-refractivity contribution is 5.39. The molecule has 0 fully saturated rings. The normalized spacial score (nSPS) is 14.9. The fraction of sp³-hybridized carbons (Fsp3) is 0.308. The van der Waals surface area contributed by atoms with E-state index in [-0.39, 0.29) is 6.61 Å². The zero-order valence-corrected chi connectivity index (χ0v) is 17.6. The summed E-state index contributed by atoms with van der Waals surface area (Å²) in [5.74, 6) is 1.66. The van der Waals surface area contributed by atoms with Crippen molar-refractivity contribution in [3.63, 3.8) is 0 Å². The van der Waals surface area contributed by atoms with Crippen LogP contribution in [0.3, 0.4) is 0 Å². The molecule has 162 valence electrons. The predicted molar refractivity (Wildman–Crippen MR) is 120 cm³/mol. The summed E-state index contributed by atoms with van der Waals surface area (Å²) in [4.78, 5) is 2.34. The van der Waals surface area contributed by atoms with Crippen LogP contribution in [-0.2, 0) is 19.5 Å². The van der Waals surface area contributed by atoms with Crippen molar-refractivity contribution in [2.75, 3.05) is 26.4 Å². The molecular formula is C26H29NO4. The van der Waals surface area contributed by atoms with E-state index in [2.05, 4.69) is 17.0 Å². The van der Waals surface area contributed by atoms with Crippen LogP contribution in [0.4, 0.5) is 0 Å². The standard InChI is InChI=1S/C26H29NO4/c28-12-14-30-24-8-4-7-21(15-24)18-27-11-13-31-26-10-9-22(17-23(26)19-27)25(29)16-20-5-2-1-3-6-20/h1-10,15,17,25,28-29H,11-14,16,18-19H2. The van der Waals surface area contributed by atoms with Crippen LogP contribution in [-0.4, -0.2) is 41.5 Å². The maximum absolute atomic E-state index is 10.8. The summed E-state index contributed by atoms with van der Waals surface area (Å²) < 4.78 is 11.5. The Hall–Kier alpha value is -2.86. The Bertz CT molecular complexity index is 976. The van der Waals surface area contributed by atoms with E-state index in [4.69, 9.17) is 14.6 Å². The van der Waals surface area contributed by atoms with Gasteiger partial charge in [-0.3, -0.25) is 4.90 Å². The lowest BCUT2D eigenvalue weighted by Gasteiger charge is -2.20. The largest absolute Gasteiger partial charge is 0.492 e. The summed E-state index contributed by atoms with van der Waals surface area (Å²) in [5, 5.41) is 19.7. The zero-order chi connectivity index (χ0) is 21.5. The highest BCUT2D eigenvalue weighted by atomic mass is 16.5. The van der Waals surface area contributed by atoms with Crippen molar-refractivity contribution in [1.82, 2.24) is 4.90 Å². The summed E-state index contributed by atoms with van der Waals surface area (Å²) in [6.07, 6.45) is 0.0370. The van der Waals surface area contributed by atoms with Gasteiger partial charge < -0.3 is 19.7 Å². The van der Waals surface area contributed by atoms with Crippen molar-refractivity contribution in [2.24, 2.45) is 0 Å². The van der Waals surface area contributed by atoms with E-state index in [0.717, 1.165) is 53.4 Å². The van der Waals surface area contributed by atoms with E-state index in [1.165, 1.54) is 0 Å². The molecule has 0 aliphatic carbocycles. The number of rotatable bonds is 8. The van der Waals surface area contributed by atoms with Crippen LogP contribution < -0.4 is 9.47 Å². The van der Waals surface area contributed by atoms with Crippen LogP contribution in [0.2, 0.25) is 0 Å². The fourth-order valence-electron chi connectivity index (χ4n) is 3.92. The highest BCUT2D eigenvalue weighted by Gasteiger charge is 2.18. The molecule has 1 heterocycles. The molecule has 1 aliphatic heterocycles. The quantitative estimate of drug-likeness (QED) is 0.583. The van der Waals surface area contributed by atoms with E-state index in [1.54, 1.807) is 0 Å². The van der Waals surface area contributed by atoms with Crippen LogP contribution in [0.1, 0.15) is 28.4 Å². The van der Waals surface area contributed by atoms with Crippen molar-refractivity contribution >= 4 is 0 Å². The average Bonchev–Trinajstić information content (AvgIpc) is 2.99. The molecule has 5 heteroatoms. The van der Waals surface area contributed by atoms with E-state index in [1.807, 2.05) is 60.7 Å². The molecule has 0 aromatic heterocycles. The second-order valence-electron chi connectivity index (χ2n) is 7.85. The molecule has 31 heavy (non-hydrogen) atoms. The Morgan fingerprint density at radius 2 is 1.81 bits per heavy atom. The van der Waals surface area contributed by atoms with E-state index < -0.39 is 6.10 Å². The first-order valence-corrected chi connectivity index (χ1v) is 10.7. The van der Waals surface area contributed by atoms with Gasteiger partial charge in [-0.25, -0.2) is 0 Å². The van der Waals surface area contributed by atoms with Crippen LogP contribution in [0.15, 0.2) is 72.8 Å². The molecule has 0 amide bonds. The maximum atomic E-state index is 10.8. The monoisotopic (exact) mass is 419 g/mol. The minimum absolute atomic E-state index is 0.00291. The van der Waals surface area contributed by atoms with Crippen LogP contribution in [0, 0.1) is 0 Å². The van der Waals surface area contributed by atoms with Gasteiger partial charge in [0.2, 0.25) is 0 Å². The fourth-order valence-corrected chi connectivity index (χ4v) is 3.92. The molecule has 2 N–H and O–H groups in total. The molecule has 4 rings (SSSR count). The predicted octanol–water partition coefficient (Wildman–Crippen LogP) is 3.73. The Morgan fingerprint density at radius 3 is 2.65 bits per heavy atom. The smallest absolute Gasteiger partial charge is 0.123 e. The van der Waals surface area contributed by atoms with Crippen molar-refractivity contribution in [3.8, 4) is 11.5 Å². The SMILES string of the molecule is OCCOc1cccc(CN2CCOc3ccc(C(O)Cc4ccccc4)cc3C2)c1. The molecule has 1 aliphatic rings. The van der Waals surface area contributed by atoms with Crippen molar-refractivity contribution in [3.05, 3.63) is 95.1 Å². The van der Waals surface area contributed by atoms with E-state index >= 15 is 0 Å². The van der Waals surface area contributed by atoms with Gasteiger partial charge in [0, 0.05) is 31.6 Å². The average molecular weight is 420 g/mol. The number of hydrogen-bond acceptors (Lipinski definition) is 5. The summed E-state index contributed by atoms with van der Waals surface area (Å²) >= 11 is 0. The topological polar surface area (TPSA) is 62.2 Å². The molecule has 1 atom stereocenters. The molecule has 0 bridgehead atoms. The first-order valence-electron chi connectivity index (χ1n) is 10.7. The van der Waals surface area contributed by atoms with Crippen LogP contribution in [0.25, 0.3) is 0 Å². The van der Waals surface area contributed by atoms with Crippen molar-refractivity contribution in [2.45, 2.75) is 25.6 Å². The number of hydrogen-bond donors (Lipinski definition) is 2. The molecule has 5 nitrogen and oxygen atoms in total. The Morgan fingerprint density at radius 1 is 0.968 bits per heavy atom. The minimum Gasteiger partial charge on any atom is -0.492 e. The molecule has 0 radical (unpaired) electrons. The highest BCUT2D eigenvalue weighted by Crippen LogP contribution is 2.29. The number of aliphatic hydroxyl groups is 2. The first kappa shape index (κ1) is 21.4. The Balaban J connectivity index is 1.46. The van der Waals surface area contributed by atoms with Gasteiger partial charge in [0.05, 0.1) is 12.7 Å². The lowest BCUT2D eigenvalue weighted by Crippen LogP contribution is -2.25. The second kappa shape index (κ2) is 10.4. The molecule has 0 saturated heterocycles. The van der Waals surface area contributed by atoms with E-state index in [0.29, 0.717) is 19.6 Å². The van der Waals surface area contributed by atoms with Gasteiger partial charge in [0.1, 0.15) is 24.7 Å². The number of benzene rings is 3. The van der Waals surface area contributed by atoms with Gasteiger partial charge in [0.15, 0.2) is 0 Å². The van der Waals surface area contributed by atoms with Crippen LogP contribution in [0.5, 0.6) is 11.5 Å². The summed E-state index contributed by atoms with van der Waals surface area (Å²) in [6.45, 7) is 3.27. The van der Waals surface area contributed by atoms with Gasteiger partial charge >= 0.3 is 0 Å². The molecular weight excluding hydrogens is 390 g/mol. The first-order chi connectivity index (χ1) is 15.2. The third kappa shape index (κ3) is 5.85. The molecule has 3 aromatic rings. The van der Waals surface area contributed by atoms with Gasteiger partial charge in [-0.2, -0.15) is 0 Å². The van der Waals surface area contributed by atoms with Gasteiger partial charge in [-0.05, 0) is 41.0 Å². The van der Waals surface area contributed by atoms with Crippen LogP contribution >= 0.6 is 0 Å². The van der Waals surface area contributed by atoms with Gasteiger partial charge in [-0.1, -0.05) is 48.5 Å². The second-order valence-corrected chi connectivity index (χ2v) is 7.85. The molecule has 3 aromatic carbocycles. The number of aliphatic hydroxyl groups excluding tert-OH is 2. The van der Waals surface area contributed by atoms with Crippen molar-refractivity contribution < 1.29 is 19.7 Å².